The number of tetrazole rings is 1. The fourth-order valence-electron chi connectivity index (χ4n) is 5.39. The summed E-state index contributed by atoms with van der Waals surface area (Å²) in [5.41, 5.74) is 4.79. The molecule has 0 aliphatic carbocycles. The fraction of sp³-hybridized carbons (Fsp3) is 0.467. The first-order valence-electron chi connectivity index (χ1n) is 13.9. The molecule has 5 rings (SSSR count). The summed E-state index contributed by atoms with van der Waals surface area (Å²) in [6.07, 6.45) is 0.851. The van der Waals surface area contributed by atoms with Crippen LogP contribution < -0.4 is 15.2 Å². The molecule has 0 bridgehead atoms. The zero-order valence-electron chi connectivity index (χ0n) is 23.9. The number of pyridine rings is 1. The third-order valence-corrected chi connectivity index (χ3v) is 8.01. The Bertz CT molecular complexity index is 1520. The SMILES string of the molecule is CCOc1ccc2[nH]c(=O)c([C@H](c3nnnn3C(C)(C)CC)N3CCN(c4cc(C)ccc4C)CC3)cc2c1. The van der Waals surface area contributed by atoms with Crippen molar-refractivity contribution >= 4 is 16.6 Å². The number of piperazine rings is 1. The van der Waals surface area contributed by atoms with Gasteiger partial charge in [-0.1, -0.05) is 19.1 Å². The van der Waals surface area contributed by atoms with Crippen molar-refractivity contribution in [3.63, 3.8) is 0 Å². The van der Waals surface area contributed by atoms with E-state index in [4.69, 9.17) is 4.74 Å². The molecule has 1 aliphatic rings. The number of aryl methyl sites for hydroxylation is 2. The number of ether oxygens (including phenoxy) is 1. The first-order valence-corrected chi connectivity index (χ1v) is 13.9. The summed E-state index contributed by atoms with van der Waals surface area (Å²) in [7, 11) is 0. The summed E-state index contributed by atoms with van der Waals surface area (Å²) in [5, 5.41) is 13.9. The summed E-state index contributed by atoms with van der Waals surface area (Å²) >= 11 is 0. The number of aromatic amines is 1. The number of benzene rings is 2. The van der Waals surface area contributed by atoms with Gasteiger partial charge < -0.3 is 14.6 Å². The molecule has 2 aromatic heterocycles. The molecule has 0 saturated carbocycles. The third-order valence-electron chi connectivity index (χ3n) is 8.01. The van der Waals surface area contributed by atoms with E-state index in [-0.39, 0.29) is 11.1 Å². The van der Waals surface area contributed by atoms with Crippen LogP contribution in [-0.4, -0.2) is 62.9 Å². The topological polar surface area (TPSA) is 92.2 Å². The minimum absolute atomic E-state index is 0.127. The Morgan fingerprint density at radius 1 is 1.03 bits per heavy atom. The molecule has 9 nitrogen and oxygen atoms in total. The Hall–Kier alpha value is -3.72. The molecule has 0 spiro atoms. The first kappa shape index (κ1) is 26.9. The van der Waals surface area contributed by atoms with Gasteiger partial charge in [0.25, 0.3) is 5.56 Å². The molecule has 1 atom stereocenters. The molecule has 1 aliphatic heterocycles. The van der Waals surface area contributed by atoms with E-state index in [9.17, 15) is 4.79 Å². The van der Waals surface area contributed by atoms with Gasteiger partial charge in [-0.3, -0.25) is 9.69 Å². The molecule has 2 aromatic carbocycles. The summed E-state index contributed by atoms with van der Waals surface area (Å²) in [6, 6.07) is 14.0. The van der Waals surface area contributed by atoms with Crippen LogP contribution in [0.15, 0.2) is 47.3 Å². The molecule has 39 heavy (non-hydrogen) atoms. The lowest BCUT2D eigenvalue weighted by atomic mass is 9.98. The van der Waals surface area contributed by atoms with Gasteiger partial charge in [-0.05, 0) is 92.9 Å². The molecule has 3 heterocycles. The minimum atomic E-state index is -0.393. The number of hydrogen-bond donors (Lipinski definition) is 1. The van der Waals surface area contributed by atoms with E-state index >= 15 is 0 Å². The van der Waals surface area contributed by atoms with Gasteiger partial charge in [0.15, 0.2) is 5.82 Å². The second kappa shape index (κ2) is 10.8. The van der Waals surface area contributed by atoms with Crippen molar-refractivity contribution in [1.29, 1.82) is 0 Å². The smallest absolute Gasteiger partial charge is 0.253 e. The predicted molar refractivity (Wildman–Crippen MR) is 155 cm³/mol. The molecular formula is C30H39N7O2. The summed E-state index contributed by atoms with van der Waals surface area (Å²) < 4.78 is 7.64. The number of rotatable bonds is 8. The van der Waals surface area contributed by atoms with Gasteiger partial charge in [-0.2, -0.15) is 0 Å². The van der Waals surface area contributed by atoms with Crippen LogP contribution in [0.3, 0.4) is 0 Å². The number of nitrogens with one attached hydrogen (secondary N) is 1. The van der Waals surface area contributed by atoms with E-state index in [0.717, 1.165) is 49.3 Å². The lowest BCUT2D eigenvalue weighted by Crippen LogP contribution is -2.49. The maximum atomic E-state index is 13.6. The van der Waals surface area contributed by atoms with Crippen molar-refractivity contribution in [1.82, 2.24) is 30.1 Å². The number of hydrogen-bond acceptors (Lipinski definition) is 7. The van der Waals surface area contributed by atoms with Crippen LogP contribution in [0.5, 0.6) is 5.75 Å². The van der Waals surface area contributed by atoms with Crippen molar-refractivity contribution < 1.29 is 4.74 Å². The van der Waals surface area contributed by atoms with E-state index in [2.05, 4.69) is 83.1 Å². The van der Waals surface area contributed by atoms with Crippen LogP contribution in [0.4, 0.5) is 5.69 Å². The zero-order valence-corrected chi connectivity index (χ0v) is 23.9. The molecule has 1 N–H and O–H groups in total. The van der Waals surface area contributed by atoms with Crippen molar-refractivity contribution in [2.75, 3.05) is 37.7 Å². The molecule has 0 unspecified atom stereocenters. The normalized spacial score (nSPS) is 15.6. The lowest BCUT2D eigenvalue weighted by molar-refractivity contribution is 0.186. The minimum Gasteiger partial charge on any atom is -0.494 e. The van der Waals surface area contributed by atoms with Gasteiger partial charge >= 0.3 is 0 Å². The van der Waals surface area contributed by atoms with Gasteiger partial charge in [0.05, 0.1) is 12.1 Å². The quantitative estimate of drug-likeness (QED) is 0.357. The van der Waals surface area contributed by atoms with Crippen LogP contribution in [-0.2, 0) is 5.54 Å². The van der Waals surface area contributed by atoms with Crippen LogP contribution in [0.2, 0.25) is 0 Å². The number of fused-ring (bicyclic) bond motifs is 1. The zero-order chi connectivity index (χ0) is 27.7. The van der Waals surface area contributed by atoms with Crippen molar-refractivity contribution in [2.45, 2.75) is 59.5 Å². The van der Waals surface area contributed by atoms with Crippen molar-refractivity contribution in [3.8, 4) is 5.75 Å². The molecular weight excluding hydrogens is 490 g/mol. The van der Waals surface area contributed by atoms with Gasteiger partial charge in [0.2, 0.25) is 0 Å². The molecule has 9 heteroatoms. The maximum Gasteiger partial charge on any atom is 0.253 e. The second-order valence-electron chi connectivity index (χ2n) is 11.1. The highest BCUT2D eigenvalue weighted by Gasteiger charge is 2.36. The van der Waals surface area contributed by atoms with Crippen LogP contribution >= 0.6 is 0 Å². The highest BCUT2D eigenvalue weighted by atomic mass is 16.5. The van der Waals surface area contributed by atoms with Gasteiger partial charge in [0.1, 0.15) is 11.8 Å². The Morgan fingerprint density at radius 3 is 2.51 bits per heavy atom. The monoisotopic (exact) mass is 529 g/mol. The predicted octanol–water partition coefficient (Wildman–Crippen LogP) is 4.59. The van der Waals surface area contributed by atoms with Gasteiger partial charge in [-0.15, -0.1) is 5.10 Å². The molecule has 1 fully saturated rings. The van der Waals surface area contributed by atoms with E-state index in [0.29, 0.717) is 18.0 Å². The highest BCUT2D eigenvalue weighted by Crippen LogP contribution is 2.33. The number of anilines is 1. The highest BCUT2D eigenvalue weighted by molar-refractivity contribution is 5.80. The molecule has 0 radical (unpaired) electrons. The average molecular weight is 530 g/mol. The lowest BCUT2D eigenvalue weighted by Gasteiger charge is -2.40. The molecule has 206 valence electrons. The number of nitrogens with zero attached hydrogens (tertiary/aromatic N) is 6. The van der Waals surface area contributed by atoms with Gasteiger partial charge in [0, 0.05) is 48.3 Å². The van der Waals surface area contributed by atoms with Crippen molar-refractivity contribution in [3.05, 3.63) is 75.3 Å². The van der Waals surface area contributed by atoms with Crippen LogP contribution in [0.1, 0.15) is 62.7 Å². The number of H-pyrrole nitrogens is 1. The Morgan fingerprint density at radius 2 is 1.79 bits per heavy atom. The Kier molecular flexibility index (Phi) is 7.44. The van der Waals surface area contributed by atoms with E-state index < -0.39 is 6.04 Å². The first-order chi connectivity index (χ1) is 18.7. The van der Waals surface area contributed by atoms with E-state index in [1.54, 1.807) is 0 Å². The summed E-state index contributed by atoms with van der Waals surface area (Å²) in [4.78, 5) is 21.5. The standard InChI is InChI=1S/C30H39N7O2/c1-7-30(5,6)37-28(32-33-34-37)27(24-19-22-18-23(39-8-2)11-12-25(22)31-29(24)38)36-15-13-35(14-16-36)26-17-20(3)9-10-21(26)4/h9-12,17-19,27H,7-8,13-16H2,1-6H3,(H,31,38)/t27-/m1/s1. The molecule has 4 aromatic rings. The Labute approximate surface area is 229 Å². The number of aromatic nitrogens is 5. The van der Waals surface area contributed by atoms with Crippen molar-refractivity contribution in [2.24, 2.45) is 0 Å². The second-order valence-corrected chi connectivity index (χ2v) is 11.1. The fourth-order valence-corrected chi connectivity index (χ4v) is 5.39. The summed E-state index contributed by atoms with van der Waals surface area (Å²) in [6.45, 7) is 16.5. The maximum absolute atomic E-state index is 13.6. The largest absolute Gasteiger partial charge is 0.494 e. The van der Waals surface area contributed by atoms with Gasteiger partial charge in [-0.25, -0.2) is 4.68 Å². The van der Waals surface area contributed by atoms with E-state index in [1.165, 1.54) is 16.8 Å². The Balaban J connectivity index is 1.57. The van der Waals surface area contributed by atoms with Crippen LogP contribution in [0, 0.1) is 13.8 Å². The summed E-state index contributed by atoms with van der Waals surface area (Å²) in [5.74, 6) is 1.46. The average Bonchev–Trinajstić information content (AvgIpc) is 3.42. The molecule has 0 amide bonds. The molecule has 1 saturated heterocycles. The van der Waals surface area contributed by atoms with Crippen LogP contribution in [0.25, 0.3) is 10.9 Å². The third kappa shape index (κ3) is 5.28. The van der Waals surface area contributed by atoms with E-state index in [1.807, 2.05) is 35.9 Å².